The molecule has 0 aliphatic carbocycles. The van der Waals surface area contributed by atoms with Gasteiger partial charge in [0.2, 0.25) is 0 Å². The molecule has 1 atom stereocenters. The molecular formula is C9H15NO2S. The lowest BCUT2D eigenvalue weighted by Gasteiger charge is -2.13. The number of terminal acetylenes is 1. The van der Waals surface area contributed by atoms with Gasteiger partial charge < -0.3 is 4.74 Å². The zero-order valence-electron chi connectivity index (χ0n) is 8.00. The summed E-state index contributed by atoms with van der Waals surface area (Å²) in [6, 6.07) is -0.270. The van der Waals surface area contributed by atoms with Crippen LogP contribution in [0.5, 0.6) is 0 Å². The fourth-order valence-electron chi connectivity index (χ4n) is 0.863. The van der Waals surface area contributed by atoms with Gasteiger partial charge in [0.15, 0.2) is 0 Å². The van der Waals surface area contributed by atoms with E-state index in [1.165, 1.54) is 7.11 Å². The van der Waals surface area contributed by atoms with Gasteiger partial charge in [-0.2, -0.15) is 11.8 Å². The number of ether oxygens (including phenoxy) is 1. The number of hydrogen-bond donors (Lipinski definition) is 1. The van der Waals surface area contributed by atoms with Gasteiger partial charge in [-0.15, -0.1) is 6.42 Å². The maximum Gasteiger partial charge on any atom is 0.322 e. The number of esters is 1. The maximum atomic E-state index is 11.2. The largest absolute Gasteiger partial charge is 0.468 e. The van der Waals surface area contributed by atoms with Crippen molar-refractivity contribution in [2.45, 2.75) is 12.5 Å². The van der Waals surface area contributed by atoms with Crippen molar-refractivity contribution in [1.82, 2.24) is 5.32 Å². The van der Waals surface area contributed by atoms with E-state index in [2.05, 4.69) is 16.0 Å². The van der Waals surface area contributed by atoms with E-state index in [4.69, 9.17) is 6.42 Å². The Labute approximate surface area is 83.6 Å². The number of methoxy groups -OCH3 is 1. The molecular weight excluding hydrogens is 186 g/mol. The van der Waals surface area contributed by atoms with Gasteiger partial charge in [-0.05, 0) is 18.4 Å². The predicted octanol–water partition coefficient (Wildman–Crippen LogP) is 0.504. The van der Waals surface area contributed by atoms with Crippen LogP contribution >= 0.6 is 11.8 Å². The van der Waals surface area contributed by atoms with Crippen LogP contribution in [0.3, 0.4) is 0 Å². The number of hydrogen-bond acceptors (Lipinski definition) is 4. The molecule has 0 amide bonds. The number of nitrogens with one attached hydrogen (secondary N) is 1. The first kappa shape index (κ1) is 12.3. The van der Waals surface area contributed by atoms with Crippen LogP contribution in [0.25, 0.3) is 0 Å². The maximum absolute atomic E-state index is 11.2. The number of rotatable bonds is 6. The summed E-state index contributed by atoms with van der Waals surface area (Å²) < 4.78 is 4.63. The highest BCUT2D eigenvalue weighted by Crippen LogP contribution is 2.01. The van der Waals surface area contributed by atoms with Gasteiger partial charge in [-0.25, -0.2) is 0 Å². The molecule has 0 spiro atoms. The second-order valence-corrected chi connectivity index (χ2v) is 3.43. The summed E-state index contributed by atoms with van der Waals surface area (Å²) in [6.45, 7) is 0.397. The number of carbonyl (C=O) groups excluding carboxylic acids is 1. The zero-order valence-corrected chi connectivity index (χ0v) is 8.82. The summed E-state index contributed by atoms with van der Waals surface area (Å²) in [6.07, 6.45) is 7.82. The molecule has 0 aliphatic rings. The monoisotopic (exact) mass is 201 g/mol. The smallest absolute Gasteiger partial charge is 0.322 e. The minimum absolute atomic E-state index is 0.246. The standard InChI is InChI=1S/C9H15NO2S/c1-4-6-10-8(5-7-13-3)9(11)12-2/h1,8,10H,5-7H2,2-3H3/t8-/m0/s1. The highest BCUT2D eigenvalue weighted by molar-refractivity contribution is 7.98. The average molecular weight is 201 g/mol. The Bertz CT molecular complexity index is 189. The summed E-state index contributed by atoms with van der Waals surface area (Å²) in [7, 11) is 1.38. The Morgan fingerprint density at radius 1 is 1.77 bits per heavy atom. The van der Waals surface area contributed by atoms with Crippen LogP contribution in [0, 0.1) is 12.3 Å². The molecule has 0 saturated carbocycles. The Hall–Kier alpha value is -0.660. The lowest BCUT2D eigenvalue weighted by molar-refractivity contribution is -0.143. The fraction of sp³-hybridized carbons (Fsp3) is 0.667. The van der Waals surface area contributed by atoms with E-state index >= 15 is 0 Å². The first-order valence-corrected chi connectivity index (χ1v) is 5.39. The summed E-state index contributed by atoms with van der Waals surface area (Å²) in [4.78, 5) is 11.2. The molecule has 0 aromatic carbocycles. The van der Waals surface area contributed by atoms with Crippen LogP contribution < -0.4 is 5.32 Å². The molecule has 0 saturated heterocycles. The molecule has 0 aliphatic heterocycles. The van der Waals surface area contributed by atoms with Crippen LogP contribution in [0.15, 0.2) is 0 Å². The van der Waals surface area contributed by atoms with Gasteiger partial charge in [-0.1, -0.05) is 5.92 Å². The predicted molar refractivity (Wildman–Crippen MR) is 55.6 cm³/mol. The molecule has 0 unspecified atom stereocenters. The molecule has 0 rings (SSSR count). The SMILES string of the molecule is C#CCN[C@@H](CCSC)C(=O)OC. The van der Waals surface area contributed by atoms with Crippen LogP contribution in [0.4, 0.5) is 0 Å². The van der Waals surface area contributed by atoms with Crippen LogP contribution in [-0.4, -0.2) is 37.7 Å². The van der Waals surface area contributed by atoms with Gasteiger partial charge in [0.05, 0.1) is 13.7 Å². The van der Waals surface area contributed by atoms with Gasteiger partial charge in [-0.3, -0.25) is 10.1 Å². The van der Waals surface area contributed by atoms with Crippen LogP contribution in [-0.2, 0) is 9.53 Å². The van der Waals surface area contributed by atoms with E-state index in [1.54, 1.807) is 11.8 Å². The van der Waals surface area contributed by atoms with E-state index in [1.807, 2.05) is 6.26 Å². The first-order valence-electron chi connectivity index (χ1n) is 3.99. The molecule has 4 heteroatoms. The molecule has 13 heavy (non-hydrogen) atoms. The molecule has 0 aromatic rings. The second-order valence-electron chi connectivity index (χ2n) is 2.44. The lowest BCUT2D eigenvalue weighted by Crippen LogP contribution is -2.38. The van der Waals surface area contributed by atoms with Crippen molar-refractivity contribution in [3.05, 3.63) is 0 Å². The Kier molecular flexibility index (Phi) is 7.56. The summed E-state index contributed by atoms with van der Waals surface area (Å²) in [5, 5.41) is 2.93. The normalized spacial score (nSPS) is 11.8. The quantitative estimate of drug-likeness (QED) is 0.502. The van der Waals surface area contributed by atoms with Crippen LogP contribution in [0.1, 0.15) is 6.42 Å². The molecule has 0 fully saturated rings. The molecule has 0 aromatic heterocycles. The van der Waals surface area contributed by atoms with Crippen molar-refractivity contribution in [2.24, 2.45) is 0 Å². The molecule has 74 valence electrons. The highest BCUT2D eigenvalue weighted by Gasteiger charge is 2.16. The van der Waals surface area contributed by atoms with Crippen LogP contribution in [0.2, 0.25) is 0 Å². The fourth-order valence-corrected chi connectivity index (χ4v) is 1.33. The van der Waals surface area contributed by atoms with Crippen molar-refractivity contribution in [3.8, 4) is 12.3 Å². The van der Waals surface area contributed by atoms with Crippen molar-refractivity contribution in [3.63, 3.8) is 0 Å². The summed E-state index contributed by atoms with van der Waals surface area (Å²) >= 11 is 1.69. The highest BCUT2D eigenvalue weighted by atomic mass is 32.2. The average Bonchev–Trinajstić information content (AvgIpc) is 2.17. The van der Waals surface area contributed by atoms with Crippen molar-refractivity contribution in [2.75, 3.05) is 25.7 Å². The number of carbonyl (C=O) groups is 1. The molecule has 3 nitrogen and oxygen atoms in total. The Morgan fingerprint density at radius 2 is 2.46 bits per heavy atom. The lowest BCUT2D eigenvalue weighted by atomic mass is 10.2. The van der Waals surface area contributed by atoms with E-state index in [0.29, 0.717) is 6.54 Å². The Morgan fingerprint density at radius 3 is 2.92 bits per heavy atom. The van der Waals surface area contributed by atoms with Gasteiger partial charge in [0.25, 0.3) is 0 Å². The second kappa shape index (κ2) is 7.96. The van der Waals surface area contributed by atoms with Gasteiger partial charge >= 0.3 is 5.97 Å². The van der Waals surface area contributed by atoms with Crippen molar-refractivity contribution >= 4 is 17.7 Å². The third-order valence-electron chi connectivity index (χ3n) is 1.55. The summed E-state index contributed by atoms with van der Waals surface area (Å²) in [5.41, 5.74) is 0. The topological polar surface area (TPSA) is 38.3 Å². The molecule has 0 bridgehead atoms. The molecule has 0 heterocycles. The van der Waals surface area contributed by atoms with Gasteiger partial charge in [0, 0.05) is 0 Å². The molecule has 1 N–H and O–H groups in total. The van der Waals surface area contributed by atoms with Crippen molar-refractivity contribution < 1.29 is 9.53 Å². The summed E-state index contributed by atoms with van der Waals surface area (Å²) in [5.74, 6) is 3.10. The molecule has 0 radical (unpaired) electrons. The van der Waals surface area contributed by atoms with Crippen molar-refractivity contribution in [1.29, 1.82) is 0 Å². The zero-order chi connectivity index (χ0) is 10.1. The number of thioether (sulfide) groups is 1. The first-order chi connectivity index (χ1) is 6.26. The third kappa shape index (κ3) is 5.56. The van der Waals surface area contributed by atoms with E-state index in [0.717, 1.165) is 12.2 Å². The Balaban J connectivity index is 3.88. The third-order valence-corrected chi connectivity index (χ3v) is 2.19. The van der Waals surface area contributed by atoms with Gasteiger partial charge in [0.1, 0.15) is 6.04 Å². The van der Waals surface area contributed by atoms with E-state index in [-0.39, 0.29) is 12.0 Å². The van der Waals surface area contributed by atoms with E-state index in [9.17, 15) is 4.79 Å². The minimum atomic E-state index is -0.270. The minimum Gasteiger partial charge on any atom is -0.468 e. The van der Waals surface area contributed by atoms with E-state index < -0.39 is 0 Å².